The number of nitrogens with zero attached hydrogens (tertiary/aromatic N) is 2. The fourth-order valence-electron chi connectivity index (χ4n) is 3.34. The van der Waals surface area contributed by atoms with E-state index in [1.165, 1.54) is 0 Å². The van der Waals surface area contributed by atoms with E-state index in [9.17, 15) is 24.4 Å². The Bertz CT molecular complexity index is 777. The number of hydrogen-bond donors (Lipinski definition) is 4. The first-order valence-corrected chi connectivity index (χ1v) is 10.4. The van der Waals surface area contributed by atoms with Crippen molar-refractivity contribution in [2.45, 2.75) is 52.5 Å². The van der Waals surface area contributed by atoms with Gasteiger partial charge in [0.15, 0.2) is 5.89 Å². The molecule has 0 aliphatic carbocycles. The van der Waals surface area contributed by atoms with Crippen LogP contribution in [0.25, 0.3) is 0 Å². The molecule has 1 aliphatic heterocycles. The number of morpholine rings is 1. The molecular weight excluding hydrogens is 407 g/mol. The van der Waals surface area contributed by atoms with Gasteiger partial charge in [-0.2, -0.15) is 0 Å². The lowest BCUT2D eigenvalue weighted by atomic mass is 9.75. The molecule has 0 saturated carbocycles. The zero-order chi connectivity index (χ0) is 23.1. The zero-order valence-electron chi connectivity index (χ0n) is 18.4. The van der Waals surface area contributed by atoms with Crippen molar-refractivity contribution in [3.8, 4) is 0 Å². The van der Waals surface area contributed by atoms with Crippen LogP contribution in [-0.4, -0.2) is 83.1 Å². The Hall–Kier alpha value is -2.44. The number of hydrogen-bond acceptors (Lipinski definition) is 8. The van der Waals surface area contributed by atoms with E-state index in [1.54, 1.807) is 18.7 Å². The highest BCUT2D eigenvalue weighted by atomic mass is 16.5. The Balaban J connectivity index is 2.17. The van der Waals surface area contributed by atoms with Gasteiger partial charge in [0.05, 0.1) is 31.3 Å². The summed E-state index contributed by atoms with van der Waals surface area (Å²) in [6.45, 7) is 8.53. The van der Waals surface area contributed by atoms with E-state index in [2.05, 4.69) is 15.6 Å². The van der Waals surface area contributed by atoms with Gasteiger partial charge in [-0.25, -0.2) is 4.98 Å². The van der Waals surface area contributed by atoms with Crippen LogP contribution in [0.1, 0.15) is 48.8 Å². The van der Waals surface area contributed by atoms with Gasteiger partial charge in [0.25, 0.3) is 5.91 Å². The normalized spacial score (nSPS) is 16.0. The fourth-order valence-corrected chi connectivity index (χ4v) is 3.34. The molecule has 4 N–H and O–H groups in total. The van der Waals surface area contributed by atoms with Gasteiger partial charge in [0, 0.05) is 20.0 Å². The summed E-state index contributed by atoms with van der Waals surface area (Å²) < 4.78 is 10.5. The summed E-state index contributed by atoms with van der Waals surface area (Å²) in [5.41, 5.74) is 0.358. The topological polar surface area (TPSA) is 154 Å². The molecule has 2 heterocycles. The Morgan fingerprint density at radius 1 is 1.16 bits per heavy atom. The van der Waals surface area contributed by atoms with Crippen LogP contribution in [0, 0.1) is 19.8 Å². The predicted octanol–water partition coefficient (Wildman–Crippen LogP) is -0.818. The Morgan fingerprint density at radius 2 is 1.81 bits per heavy atom. The second-order valence-corrected chi connectivity index (χ2v) is 8.03. The highest BCUT2D eigenvalue weighted by Gasteiger charge is 2.33. The average Bonchev–Trinajstić information content (AvgIpc) is 3.05. The van der Waals surface area contributed by atoms with Crippen molar-refractivity contribution < 1.29 is 33.6 Å². The molecule has 0 aromatic carbocycles. The Kier molecular flexibility index (Phi) is 9.02. The van der Waals surface area contributed by atoms with Gasteiger partial charge in [-0.1, -0.05) is 13.8 Å². The second-order valence-electron chi connectivity index (χ2n) is 8.03. The van der Waals surface area contributed by atoms with Gasteiger partial charge in [-0.05, 0) is 19.3 Å². The molecule has 11 nitrogen and oxygen atoms in total. The molecule has 31 heavy (non-hydrogen) atoms. The van der Waals surface area contributed by atoms with Crippen LogP contribution < -0.4 is 10.6 Å². The van der Waals surface area contributed by atoms with Crippen LogP contribution in [0.3, 0.4) is 0 Å². The maximum Gasteiger partial charge on any atom is 0.475 e. The first-order valence-electron chi connectivity index (χ1n) is 10.4. The number of carbonyl (C=O) groups is 3. The third-order valence-corrected chi connectivity index (χ3v) is 4.89. The van der Waals surface area contributed by atoms with E-state index in [-0.39, 0.29) is 24.0 Å². The molecule has 3 amide bonds. The minimum atomic E-state index is -1.78. The first kappa shape index (κ1) is 24.8. The molecule has 2 atom stereocenters. The summed E-state index contributed by atoms with van der Waals surface area (Å²) >= 11 is 0. The quantitative estimate of drug-likeness (QED) is 0.365. The molecule has 1 aromatic heterocycles. The number of carbonyl (C=O) groups excluding carboxylic acids is 3. The maximum absolute atomic E-state index is 12.9. The minimum Gasteiger partial charge on any atom is -0.436 e. The van der Waals surface area contributed by atoms with Gasteiger partial charge in [0.2, 0.25) is 17.6 Å². The van der Waals surface area contributed by atoms with Crippen molar-refractivity contribution in [1.82, 2.24) is 20.5 Å². The number of aryl methyl sites for hydroxylation is 2. The van der Waals surface area contributed by atoms with Crippen molar-refractivity contribution in [2.75, 3.05) is 26.3 Å². The Morgan fingerprint density at radius 3 is 2.32 bits per heavy atom. The standard InChI is InChI=1S/C19H31BN4O7/c1-11(2)9-15(20(28)29)23-18(26)14(10-16(25)24-5-7-30-8-6-24)22-19(27)17-12(3)21-13(4)31-17/h11,14-15,28-29H,5-10H2,1-4H3,(H,22,27)(H,23,26). The summed E-state index contributed by atoms with van der Waals surface area (Å²) in [5.74, 6) is -2.31. The van der Waals surface area contributed by atoms with E-state index >= 15 is 0 Å². The molecule has 0 spiro atoms. The van der Waals surface area contributed by atoms with Gasteiger partial charge in [-0.3, -0.25) is 14.4 Å². The van der Waals surface area contributed by atoms with Crippen molar-refractivity contribution in [3.05, 3.63) is 17.3 Å². The highest BCUT2D eigenvalue weighted by Crippen LogP contribution is 2.12. The van der Waals surface area contributed by atoms with Gasteiger partial charge >= 0.3 is 7.12 Å². The number of oxazole rings is 1. The summed E-state index contributed by atoms with van der Waals surface area (Å²) in [5, 5.41) is 24.3. The van der Waals surface area contributed by atoms with E-state index in [0.29, 0.717) is 44.3 Å². The van der Waals surface area contributed by atoms with Crippen LogP contribution in [0.15, 0.2) is 4.42 Å². The lowest BCUT2D eigenvalue weighted by Gasteiger charge is -2.29. The van der Waals surface area contributed by atoms with Crippen molar-refractivity contribution >= 4 is 24.8 Å². The first-order chi connectivity index (χ1) is 14.6. The number of ether oxygens (including phenoxy) is 1. The van der Waals surface area contributed by atoms with Crippen LogP contribution in [-0.2, 0) is 14.3 Å². The van der Waals surface area contributed by atoms with Gasteiger partial charge < -0.3 is 34.7 Å². The van der Waals surface area contributed by atoms with Crippen LogP contribution in [0.2, 0.25) is 0 Å². The molecule has 172 valence electrons. The summed E-state index contributed by atoms with van der Waals surface area (Å²) in [6.07, 6.45) is 0.0154. The number of nitrogens with one attached hydrogen (secondary N) is 2. The van der Waals surface area contributed by atoms with E-state index in [4.69, 9.17) is 9.15 Å². The molecule has 0 radical (unpaired) electrons. The fraction of sp³-hybridized carbons (Fsp3) is 0.684. The van der Waals surface area contributed by atoms with Crippen molar-refractivity contribution in [3.63, 3.8) is 0 Å². The molecule has 1 aliphatic rings. The molecule has 12 heteroatoms. The average molecular weight is 438 g/mol. The molecule has 1 aromatic rings. The van der Waals surface area contributed by atoms with E-state index in [0.717, 1.165) is 0 Å². The number of aromatic nitrogens is 1. The van der Waals surface area contributed by atoms with Crippen LogP contribution in [0.5, 0.6) is 0 Å². The van der Waals surface area contributed by atoms with Crippen molar-refractivity contribution in [1.29, 1.82) is 0 Å². The predicted molar refractivity (Wildman–Crippen MR) is 111 cm³/mol. The summed E-state index contributed by atoms with van der Waals surface area (Å²) in [4.78, 5) is 43.9. The molecule has 0 bridgehead atoms. The summed E-state index contributed by atoms with van der Waals surface area (Å²) in [6, 6.07) is -1.24. The third-order valence-electron chi connectivity index (χ3n) is 4.89. The lowest BCUT2D eigenvalue weighted by molar-refractivity contribution is -0.138. The zero-order valence-corrected chi connectivity index (χ0v) is 18.4. The highest BCUT2D eigenvalue weighted by molar-refractivity contribution is 6.43. The molecule has 2 rings (SSSR count). The largest absolute Gasteiger partial charge is 0.475 e. The van der Waals surface area contributed by atoms with Crippen molar-refractivity contribution in [2.24, 2.45) is 5.92 Å². The Labute approximate surface area is 181 Å². The SMILES string of the molecule is Cc1nc(C)c(C(=O)NC(CC(=O)N2CCOCC2)C(=O)NC(CC(C)C)B(O)O)o1. The molecular formula is C19H31BN4O7. The molecule has 1 fully saturated rings. The third kappa shape index (κ3) is 7.33. The second kappa shape index (κ2) is 11.3. The van der Waals surface area contributed by atoms with E-state index < -0.39 is 30.9 Å². The maximum atomic E-state index is 12.9. The molecule has 2 unspecified atom stereocenters. The molecule has 1 saturated heterocycles. The number of amides is 3. The van der Waals surface area contributed by atoms with Crippen LogP contribution in [0.4, 0.5) is 0 Å². The monoisotopic (exact) mass is 438 g/mol. The minimum absolute atomic E-state index is 0.0463. The lowest BCUT2D eigenvalue weighted by Crippen LogP contribution is -2.55. The van der Waals surface area contributed by atoms with Gasteiger partial charge in [-0.15, -0.1) is 0 Å². The smallest absolute Gasteiger partial charge is 0.436 e. The summed E-state index contributed by atoms with van der Waals surface area (Å²) in [7, 11) is -1.78. The van der Waals surface area contributed by atoms with Crippen LogP contribution >= 0.6 is 0 Å². The van der Waals surface area contributed by atoms with E-state index in [1.807, 2.05) is 13.8 Å². The number of rotatable bonds is 9. The van der Waals surface area contributed by atoms with Gasteiger partial charge in [0.1, 0.15) is 6.04 Å².